The molecule has 5 heteroatoms. The Kier molecular flexibility index (Phi) is 4.93. The van der Waals surface area contributed by atoms with Crippen molar-refractivity contribution < 1.29 is 9.59 Å². The smallest absolute Gasteiger partial charge is 0.239 e. The lowest BCUT2D eigenvalue weighted by atomic mass is 10.0. The monoisotopic (exact) mass is 241 g/mol. The number of rotatable bonds is 3. The van der Waals surface area contributed by atoms with Gasteiger partial charge in [0, 0.05) is 32.6 Å². The average Bonchev–Trinajstić information content (AvgIpc) is 2.29. The SMILES string of the molecule is CCN(C(C)=O)C1CCN(C(=O)C(C)N)CC1. The van der Waals surface area contributed by atoms with E-state index in [2.05, 4.69) is 0 Å². The van der Waals surface area contributed by atoms with E-state index in [1.165, 1.54) is 0 Å². The van der Waals surface area contributed by atoms with Crippen molar-refractivity contribution >= 4 is 11.8 Å². The Morgan fingerprint density at radius 1 is 1.41 bits per heavy atom. The first-order chi connectivity index (χ1) is 7.97. The summed E-state index contributed by atoms with van der Waals surface area (Å²) in [6.45, 7) is 7.44. The van der Waals surface area contributed by atoms with E-state index in [1.807, 2.05) is 11.8 Å². The van der Waals surface area contributed by atoms with Gasteiger partial charge in [-0.05, 0) is 26.7 Å². The number of nitrogens with zero attached hydrogens (tertiary/aromatic N) is 2. The molecule has 1 aliphatic heterocycles. The van der Waals surface area contributed by atoms with Crippen LogP contribution in [0.5, 0.6) is 0 Å². The normalized spacial score (nSPS) is 18.9. The van der Waals surface area contributed by atoms with Crippen LogP contribution in [0.2, 0.25) is 0 Å². The highest BCUT2D eigenvalue weighted by molar-refractivity contribution is 5.81. The Labute approximate surface area is 103 Å². The van der Waals surface area contributed by atoms with Gasteiger partial charge in [0.05, 0.1) is 6.04 Å². The maximum absolute atomic E-state index is 11.7. The first-order valence-electron chi connectivity index (χ1n) is 6.29. The Bertz CT molecular complexity index is 283. The van der Waals surface area contributed by atoms with E-state index < -0.39 is 6.04 Å². The maximum atomic E-state index is 11.7. The fourth-order valence-electron chi connectivity index (χ4n) is 2.42. The first-order valence-corrected chi connectivity index (χ1v) is 6.29. The molecule has 0 spiro atoms. The zero-order valence-corrected chi connectivity index (χ0v) is 11.0. The fourth-order valence-corrected chi connectivity index (χ4v) is 2.42. The van der Waals surface area contributed by atoms with Gasteiger partial charge in [-0.3, -0.25) is 9.59 Å². The third kappa shape index (κ3) is 3.43. The van der Waals surface area contributed by atoms with Crippen LogP contribution >= 0.6 is 0 Å². The number of carbonyl (C=O) groups excluding carboxylic acids is 2. The van der Waals surface area contributed by atoms with Crippen molar-refractivity contribution in [3.63, 3.8) is 0 Å². The molecular formula is C12H23N3O2. The van der Waals surface area contributed by atoms with Gasteiger partial charge in [0.25, 0.3) is 0 Å². The predicted octanol–water partition coefficient (Wildman–Crippen LogP) is 0.193. The van der Waals surface area contributed by atoms with Crippen LogP contribution in [-0.2, 0) is 9.59 Å². The summed E-state index contributed by atoms with van der Waals surface area (Å²) in [4.78, 5) is 26.8. The number of hydrogen-bond acceptors (Lipinski definition) is 3. The third-order valence-electron chi connectivity index (χ3n) is 3.35. The first kappa shape index (κ1) is 14.0. The van der Waals surface area contributed by atoms with Crippen LogP contribution in [0, 0.1) is 0 Å². The van der Waals surface area contributed by atoms with Crippen molar-refractivity contribution in [3.8, 4) is 0 Å². The molecule has 1 heterocycles. The van der Waals surface area contributed by atoms with E-state index in [1.54, 1.807) is 18.7 Å². The van der Waals surface area contributed by atoms with Crippen LogP contribution in [0.4, 0.5) is 0 Å². The van der Waals surface area contributed by atoms with Gasteiger partial charge in [-0.25, -0.2) is 0 Å². The zero-order valence-electron chi connectivity index (χ0n) is 11.0. The average molecular weight is 241 g/mol. The second kappa shape index (κ2) is 6.00. The van der Waals surface area contributed by atoms with Gasteiger partial charge in [-0.15, -0.1) is 0 Å². The quantitative estimate of drug-likeness (QED) is 0.767. The summed E-state index contributed by atoms with van der Waals surface area (Å²) < 4.78 is 0. The van der Waals surface area contributed by atoms with Crippen molar-refractivity contribution in [2.75, 3.05) is 19.6 Å². The van der Waals surface area contributed by atoms with E-state index in [4.69, 9.17) is 5.73 Å². The lowest BCUT2D eigenvalue weighted by molar-refractivity contribution is -0.135. The topological polar surface area (TPSA) is 66.6 Å². The Balaban J connectivity index is 2.50. The number of amides is 2. The number of piperidine rings is 1. The molecule has 0 aromatic carbocycles. The molecule has 1 unspecified atom stereocenters. The van der Waals surface area contributed by atoms with Crippen molar-refractivity contribution in [2.24, 2.45) is 5.73 Å². The molecule has 0 bridgehead atoms. The van der Waals surface area contributed by atoms with Gasteiger partial charge in [-0.1, -0.05) is 0 Å². The molecule has 1 saturated heterocycles. The lowest BCUT2D eigenvalue weighted by Gasteiger charge is -2.38. The van der Waals surface area contributed by atoms with Gasteiger partial charge in [-0.2, -0.15) is 0 Å². The van der Waals surface area contributed by atoms with E-state index >= 15 is 0 Å². The minimum atomic E-state index is -0.429. The van der Waals surface area contributed by atoms with Crippen LogP contribution in [0.15, 0.2) is 0 Å². The molecule has 98 valence electrons. The summed E-state index contributed by atoms with van der Waals surface area (Å²) in [5.74, 6) is 0.124. The third-order valence-corrected chi connectivity index (χ3v) is 3.35. The molecule has 2 N–H and O–H groups in total. The van der Waals surface area contributed by atoms with Gasteiger partial charge in [0.15, 0.2) is 0 Å². The highest BCUT2D eigenvalue weighted by Crippen LogP contribution is 2.17. The van der Waals surface area contributed by atoms with E-state index in [0.717, 1.165) is 19.4 Å². The van der Waals surface area contributed by atoms with Crippen LogP contribution in [0.25, 0.3) is 0 Å². The van der Waals surface area contributed by atoms with Crippen molar-refractivity contribution in [3.05, 3.63) is 0 Å². The Morgan fingerprint density at radius 3 is 2.29 bits per heavy atom. The van der Waals surface area contributed by atoms with Gasteiger partial charge in [0.1, 0.15) is 0 Å². The molecule has 1 rings (SSSR count). The highest BCUT2D eigenvalue weighted by atomic mass is 16.2. The molecule has 1 atom stereocenters. The molecule has 0 aliphatic carbocycles. The van der Waals surface area contributed by atoms with Crippen LogP contribution in [0.3, 0.4) is 0 Å². The summed E-state index contributed by atoms with van der Waals surface area (Å²) in [5.41, 5.74) is 5.58. The predicted molar refractivity (Wildman–Crippen MR) is 66.3 cm³/mol. The molecule has 0 aromatic heterocycles. The largest absolute Gasteiger partial charge is 0.341 e. The summed E-state index contributed by atoms with van der Waals surface area (Å²) in [5, 5.41) is 0. The van der Waals surface area contributed by atoms with E-state index in [0.29, 0.717) is 13.1 Å². The van der Waals surface area contributed by atoms with Crippen LogP contribution in [-0.4, -0.2) is 53.3 Å². The maximum Gasteiger partial charge on any atom is 0.239 e. The fraction of sp³-hybridized carbons (Fsp3) is 0.833. The highest BCUT2D eigenvalue weighted by Gasteiger charge is 2.28. The summed E-state index contributed by atoms with van der Waals surface area (Å²) in [6, 6.07) is -0.156. The molecule has 5 nitrogen and oxygen atoms in total. The minimum Gasteiger partial charge on any atom is -0.341 e. The van der Waals surface area contributed by atoms with Crippen LogP contribution < -0.4 is 5.73 Å². The summed E-state index contributed by atoms with van der Waals surface area (Å²) in [6.07, 6.45) is 1.71. The second-order valence-corrected chi connectivity index (χ2v) is 4.65. The molecule has 0 aromatic rings. The van der Waals surface area contributed by atoms with Crippen molar-refractivity contribution in [2.45, 2.75) is 45.7 Å². The second-order valence-electron chi connectivity index (χ2n) is 4.65. The Hall–Kier alpha value is -1.10. The molecule has 2 amide bonds. The van der Waals surface area contributed by atoms with E-state index in [-0.39, 0.29) is 17.9 Å². The number of carbonyl (C=O) groups is 2. The molecule has 0 saturated carbocycles. The number of likely N-dealkylation sites (tertiary alicyclic amines) is 1. The standard InChI is InChI=1S/C12H23N3O2/c1-4-15(10(3)16)11-5-7-14(8-6-11)12(17)9(2)13/h9,11H,4-8,13H2,1-3H3. The van der Waals surface area contributed by atoms with Gasteiger partial charge >= 0.3 is 0 Å². The minimum absolute atomic E-state index is 0.00863. The number of hydrogen-bond donors (Lipinski definition) is 1. The molecular weight excluding hydrogens is 218 g/mol. The van der Waals surface area contributed by atoms with Gasteiger partial charge in [0.2, 0.25) is 11.8 Å². The Morgan fingerprint density at radius 2 is 1.94 bits per heavy atom. The number of nitrogens with two attached hydrogens (primary N) is 1. The molecule has 1 aliphatic rings. The summed E-state index contributed by atoms with van der Waals surface area (Å²) in [7, 11) is 0. The zero-order chi connectivity index (χ0) is 13.0. The molecule has 0 radical (unpaired) electrons. The molecule has 1 fully saturated rings. The lowest BCUT2D eigenvalue weighted by Crippen LogP contribution is -2.51. The summed E-state index contributed by atoms with van der Waals surface area (Å²) >= 11 is 0. The molecule has 17 heavy (non-hydrogen) atoms. The van der Waals surface area contributed by atoms with E-state index in [9.17, 15) is 9.59 Å². The van der Waals surface area contributed by atoms with Crippen molar-refractivity contribution in [1.82, 2.24) is 9.80 Å². The van der Waals surface area contributed by atoms with Gasteiger partial charge < -0.3 is 15.5 Å². The van der Waals surface area contributed by atoms with Crippen LogP contribution in [0.1, 0.15) is 33.6 Å². The van der Waals surface area contributed by atoms with Crippen molar-refractivity contribution in [1.29, 1.82) is 0 Å².